The maximum atomic E-state index is 11.9. The van der Waals surface area contributed by atoms with Crippen LogP contribution in [0.15, 0.2) is 30.3 Å². The van der Waals surface area contributed by atoms with Crippen molar-refractivity contribution in [3.8, 4) is 0 Å². The first kappa shape index (κ1) is 19.0. The monoisotopic (exact) mass is 380 g/mol. The number of hydrazine groups is 1. The van der Waals surface area contributed by atoms with E-state index in [0.29, 0.717) is 15.5 Å². The first-order valence-electron chi connectivity index (χ1n) is 7.52. The molecule has 0 aliphatic heterocycles. The molecular formula is C17H17ClN2O4S. The van der Waals surface area contributed by atoms with Crippen LogP contribution in [-0.4, -0.2) is 24.4 Å². The highest BCUT2D eigenvalue weighted by Gasteiger charge is 2.15. The van der Waals surface area contributed by atoms with Crippen LogP contribution in [0, 0.1) is 6.92 Å². The van der Waals surface area contributed by atoms with Crippen molar-refractivity contribution in [3.05, 3.63) is 56.2 Å². The SMILES string of the molecule is CCc1sc(C(=O)OCC(=O)NNC(=O)c2ccc(Cl)cc2)cc1C. The Balaban J connectivity index is 1.79. The van der Waals surface area contributed by atoms with Gasteiger partial charge in [-0.05, 0) is 49.2 Å². The molecule has 1 aromatic carbocycles. The van der Waals surface area contributed by atoms with Gasteiger partial charge in [0.2, 0.25) is 0 Å². The van der Waals surface area contributed by atoms with Crippen molar-refractivity contribution in [3.63, 3.8) is 0 Å². The Hall–Kier alpha value is -2.38. The highest BCUT2D eigenvalue weighted by molar-refractivity contribution is 7.14. The van der Waals surface area contributed by atoms with Gasteiger partial charge < -0.3 is 4.74 Å². The molecule has 0 aliphatic carbocycles. The number of aryl methyl sites for hydroxylation is 2. The average Bonchev–Trinajstić information content (AvgIpc) is 2.99. The molecule has 1 aromatic heterocycles. The number of ether oxygens (including phenoxy) is 1. The van der Waals surface area contributed by atoms with E-state index < -0.39 is 24.4 Å². The smallest absolute Gasteiger partial charge is 0.348 e. The number of nitrogens with one attached hydrogen (secondary N) is 2. The molecule has 0 unspecified atom stereocenters. The van der Waals surface area contributed by atoms with Gasteiger partial charge in [-0.25, -0.2) is 4.79 Å². The first-order valence-corrected chi connectivity index (χ1v) is 8.71. The molecule has 0 fully saturated rings. The highest BCUT2D eigenvalue weighted by atomic mass is 35.5. The molecule has 0 aliphatic rings. The summed E-state index contributed by atoms with van der Waals surface area (Å²) in [7, 11) is 0. The summed E-state index contributed by atoms with van der Waals surface area (Å²) in [5, 5.41) is 0.502. The van der Waals surface area contributed by atoms with Crippen LogP contribution in [0.4, 0.5) is 0 Å². The van der Waals surface area contributed by atoms with Crippen molar-refractivity contribution in [2.45, 2.75) is 20.3 Å². The Morgan fingerprint density at radius 3 is 2.44 bits per heavy atom. The van der Waals surface area contributed by atoms with Crippen LogP contribution < -0.4 is 10.9 Å². The van der Waals surface area contributed by atoms with Crippen LogP contribution in [0.2, 0.25) is 5.02 Å². The topological polar surface area (TPSA) is 84.5 Å². The molecule has 0 radical (unpaired) electrons. The van der Waals surface area contributed by atoms with Crippen LogP contribution >= 0.6 is 22.9 Å². The molecule has 2 N–H and O–H groups in total. The number of carbonyl (C=O) groups excluding carboxylic acids is 3. The van der Waals surface area contributed by atoms with Gasteiger partial charge in [-0.1, -0.05) is 18.5 Å². The molecule has 2 amide bonds. The van der Waals surface area contributed by atoms with Gasteiger partial charge >= 0.3 is 5.97 Å². The quantitative estimate of drug-likeness (QED) is 0.617. The third-order valence-electron chi connectivity index (χ3n) is 3.30. The molecule has 0 bridgehead atoms. The minimum absolute atomic E-state index is 0.336. The van der Waals surface area contributed by atoms with E-state index in [-0.39, 0.29) is 0 Å². The summed E-state index contributed by atoms with van der Waals surface area (Å²) in [4.78, 5) is 37.0. The molecule has 25 heavy (non-hydrogen) atoms. The number of rotatable bonds is 5. The van der Waals surface area contributed by atoms with Gasteiger partial charge in [0.1, 0.15) is 4.88 Å². The molecule has 0 atom stereocenters. The summed E-state index contributed by atoms with van der Waals surface area (Å²) < 4.78 is 4.95. The van der Waals surface area contributed by atoms with E-state index in [1.54, 1.807) is 18.2 Å². The number of esters is 1. The molecule has 1 heterocycles. The van der Waals surface area contributed by atoms with Gasteiger partial charge in [-0.3, -0.25) is 20.4 Å². The molecule has 6 nitrogen and oxygen atoms in total. The fourth-order valence-electron chi connectivity index (χ4n) is 2.01. The number of benzene rings is 1. The summed E-state index contributed by atoms with van der Waals surface area (Å²) in [5.41, 5.74) is 5.78. The molecular weight excluding hydrogens is 364 g/mol. The highest BCUT2D eigenvalue weighted by Crippen LogP contribution is 2.22. The van der Waals surface area contributed by atoms with E-state index >= 15 is 0 Å². The van der Waals surface area contributed by atoms with E-state index in [0.717, 1.165) is 16.9 Å². The Bertz CT molecular complexity index is 786. The third kappa shape index (κ3) is 5.30. The molecule has 0 saturated heterocycles. The van der Waals surface area contributed by atoms with Crippen LogP contribution in [0.3, 0.4) is 0 Å². The summed E-state index contributed by atoms with van der Waals surface area (Å²) in [6, 6.07) is 7.91. The molecule has 0 spiro atoms. The Morgan fingerprint density at radius 2 is 1.84 bits per heavy atom. The van der Waals surface area contributed by atoms with E-state index in [2.05, 4.69) is 10.9 Å². The van der Waals surface area contributed by atoms with Crippen LogP contribution in [0.5, 0.6) is 0 Å². The summed E-state index contributed by atoms with van der Waals surface area (Å²) in [6.45, 7) is 3.44. The van der Waals surface area contributed by atoms with E-state index in [1.165, 1.54) is 23.5 Å². The van der Waals surface area contributed by atoms with Gasteiger partial charge in [-0.15, -0.1) is 11.3 Å². The Morgan fingerprint density at radius 1 is 1.16 bits per heavy atom. The zero-order chi connectivity index (χ0) is 18.4. The fraction of sp³-hybridized carbons (Fsp3) is 0.235. The van der Waals surface area contributed by atoms with Crippen molar-refractivity contribution in [1.29, 1.82) is 0 Å². The van der Waals surface area contributed by atoms with Crippen molar-refractivity contribution in [2.75, 3.05) is 6.61 Å². The van der Waals surface area contributed by atoms with Gasteiger partial charge in [0.15, 0.2) is 6.61 Å². The lowest BCUT2D eigenvalue weighted by Crippen LogP contribution is -2.43. The lowest BCUT2D eigenvalue weighted by atomic mass is 10.2. The number of carbonyl (C=O) groups is 3. The molecule has 2 aromatic rings. The van der Waals surface area contributed by atoms with Crippen molar-refractivity contribution in [1.82, 2.24) is 10.9 Å². The lowest BCUT2D eigenvalue weighted by molar-refractivity contribution is -0.125. The largest absolute Gasteiger partial charge is 0.451 e. The number of halogens is 1. The van der Waals surface area contributed by atoms with Crippen molar-refractivity contribution >= 4 is 40.7 Å². The van der Waals surface area contributed by atoms with Crippen LogP contribution in [-0.2, 0) is 16.0 Å². The maximum Gasteiger partial charge on any atom is 0.348 e. The predicted molar refractivity (Wildman–Crippen MR) is 95.8 cm³/mol. The number of hydrogen-bond donors (Lipinski definition) is 2. The minimum Gasteiger partial charge on any atom is -0.451 e. The number of hydrogen-bond acceptors (Lipinski definition) is 5. The van der Waals surface area contributed by atoms with Crippen molar-refractivity contribution in [2.24, 2.45) is 0 Å². The Kier molecular flexibility index (Phi) is 6.55. The second-order valence-corrected chi connectivity index (χ2v) is 6.73. The standard InChI is InChI=1S/C17H17ClN2O4S/c1-3-13-10(2)8-14(25-13)17(23)24-9-15(21)19-20-16(22)11-4-6-12(18)7-5-11/h4-8H,3,9H2,1-2H3,(H,19,21)(H,20,22). The van der Waals surface area contributed by atoms with Gasteiger partial charge in [0.25, 0.3) is 11.8 Å². The normalized spacial score (nSPS) is 10.2. The first-order chi connectivity index (χ1) is 11.9. The Labute approximate surface area is 154 Å². The summed E-state index contributed by atoms with van der Waals surface area (Å²) >= 11 is 7.09. The summed E-state index contributed by atoms with van der Waals surface area (Å²) in [6.07, 6.45) is 0.834. The molecule has 8 heteroatoms. The maximum absolute atomic E-state index is 11.9. The summed E-state index contributed by atoms with van der Waals surface area (Å²) in [5.74, 6) is -1.70. The van der Waals surface area contributed by atoms with E-state index in [4.69, 9.17) is 16.3 Å². The minimum atomic E-state index is -0.639. The number of amides is 2. The van der Waals surface area contributed by atoms with E-state index in [9.17, 15) is 14.4 Å². The second-order valence-electron chi connectivity index (χ2n) is 5.16. The fourth-order valence-corrected chi connectivity index (χ4v) is 3.14. The van der Waals surface area contributed by atoms with Gasteiger partial charge in [-0.2, -0.15) is 0 Å². The third-order valence-corrected chi connectivity index (χ3v) is 4.91. The molecule has 0 saturated carbocycles. The van der Waals surface area contributed by atoms with Gasteiger partial charge in [0.05, 0.1) is 0 Å². The predicted octanol–water partition coefficient (Wildman–Crippen LogP) is 2.89. The van der Waals surface area contributed by atoms with Crippen LogP contribution in [0.1, 0.15) is 37.4 Å². The lowest BCUT2D eigenvalue weighted by Gasteiger charge is -2.07. The molecule has 132 valence electrons. The zero-order valence-corrected chi connectivity index (χ0v) is 15.3. The average molecular weight is 381 g/mol. The second kappa shape index (κ2) is 8.64. The van der Waals surface area contributed by atoms with E-state index in [1.807, 2.05) is 13.8 Å². The van der Waals surface area contributed by atoms with Gasteiger partial charge in [0, 0.05) is 15.5 Å². The zero-order valence-electron chi connectivity index (χ0n) is 13.7. The molecule has 2 rings (SSSR count). The van der Waals surface area contributed by atoms with Crippen LogP contribution in [0.25, 0.3) is 0 Å². The van der Waals surface area contributed by atoms with Crippen molar-refractivity contribution < 1.29 is 19.1 Å². The number of thiophene rings is 1.